The highest BCUT2D eigenvalue weighted by Crippen LogP contribution is 2.12. The lowest BCUT2D eigenvalue weighted by Crippen LogP contribution is -2.34. The van der Waals surface area contributed by atoms with E-state index in [1.54, 1.807) is 16.9 Å². The largest absolute Gasteiger partial charge is 0.396 e. The molecular formula is C13H24N4O2. The van der Waals surface area contributed by atoms with Crippen molar-refractivity contribution in [2.24, 2.45) is 0 Å². The van der Waals surface area contributed by atoms with Crippen LogP contribution in [0.3, 0.4) is 0 Å². The summed E-state index contributed by atoms with van der Waals surface area (Å²) in [5, 5.41) is 15.9. The normalized spacial score (nSPS) is 11.3. The number of anilines is 1. The van der Waals surface area contributed by atoms with E-state index >= 15 is 0 Å². The minimum Gasteiger partial charge on any atom is -0.396 e. The highest BCUT2D eigenvalue weighted by atomic mass is 16.3. The van der Waals surface area contributed by atoms with Crippen molar-refractivity contribution in [3.05, 3.63) is 12.3 Å². The molecule has 1 amide bonds. The number of hydrogen-bond acceptors (Lipinski definition) is 4. The monoisotopic (exact) mass is 268 g/mol. The molecule has 6 heteroatoms. The van der Waals surface area contributed by atoms with Gasteiger partial charge < -0.3 is 10.4 Å². The Morgan fingerprint density at radius 3 is 2.89 bits per heavy atom. The van der Waals surface area contributed by atoms with Crippen molar-refractivity contribution in [2.75, 3.05) is 31.6 Å². The number of aliphatic hydroxyl groups is 1. The molecule has 1 aromatic heterocycles. The molecule has 0 spiro atoms. The molecule has 1 heterocycles. The zero-order chi connectivity index (χ0) is 14.3. The number of likely N-dealkylation sites (N-methyl/N-ethyl adjacent to an activating group) is 1. The molecule has 0 saturated heterocycles. The van der Waals surface area contributed by atoms with Crippen LogP contribution in [0.15, 0.2) is 12.3 Å². The molecule has 0 atom stereocenters. The van der Waals surface area contributed by atoms with Crippen LogP contribution in [0.1, 0.15) is 33.2 Å². The van der Waals surface area contributed by atoms with Crippen LogP contribution in [0.4, 0.5) is 5.82 Å². The molecule has 0 bridgehead atoms. The molecule has 0 saturated carbocycles. The summed E-state index contributed by atoms with van der Waals surface area (Å²) in [4.78, 5) is 14.0. The van der Waals surface area contributed by atoms with Gasteiger partial charge in [-0.15, -0.1) is 0 Å². The smallest absolute Gasteiger partial charge is 0.239 e. The van der Waals surface area contributed by atoms with Gasteiger partial charge in [-0.1, -0.05) is 6.92 Å². The molecule has 0 fully saturated rings. The minimum absolute atomic E-state index is 0.0535. The predicted octanol–water partition coefficient (Wildman–Crippen LogP) is 1.11. The van der Waals surface area contributed by atoms with Gasteiger partial charge >= 0.3 is 0 Å². The second kappa shape index (κ2) is 7.91. The van der Waals surface area contributed by atoms with E-state index in [4.69, 9.17) is 5.11 Å². The lowest BCUT2D eigenvalue weighted by atomic mass is 10.3. The molecule has 1 rings (SSSR count). The van der Waals surface area contributed by atoms with Gasteiger partial charge in [0.25, 0.3) is 0 Å². The average molecular weight is 268 g/mol. The lowest BCUT2D eigenvalue weighted by Gasteiger charge is -2.19. The van der Waals surface area contributed by atoms with E-state index in [-0.39, 0.29) is 18.6 Å². The van der Waals surface area contributed by atoms with Crippen LogP contribution in [-0.2, 0) is 4.79 Å². The second-order valence-electron chi connectivity index (χ2n) is 4.75. The number of nitrogens with zero attached hydrogens (tertiary/aromatic N) is 3. The third-order valence-electron chi connectivity index (χ3n) is 2.87. The second-order valence-corrected chi connectivity index (χ2v) is 4.75. The van der Waals surface area contributed by atoms with Crippen LogP contribution in [0.5, 0.6) is 0 Å². The van der Waals surface area contributed by atoms with E-state index in [0.717, 1.165) is 18.9 Å². The molecule has 0 aliphatic carbocycles. The van der Waals surface area contributed by atoms with Crippen molar-refractivity contribution < 1.29 is 9.90 Å². The SMILES string of the molecule is CCN(CCCO)CC(=O)Nc1ccnn1C(C)C. The molecule has 0 aliphatic rings. The van der Waals surface area contributed by atoms with E-state index in [9.17, 15) is 4.79 Å². The number of nitrogens with one attached hydrogen (secondary N) is 1. The molecule has 6 nitrogen and oxygen atoms in total. The first-order chi connectivity index (χ1) is 9.08. The topological polar surface area (TPSA) is 70.4 Å². The van der Waals surface area contributed by atoms with E-state index in [1.165, 1.54) is 0 Å². The fourth-order valence-corrected chi connectivity index (χ4v) is 1.85. The minimum atomic E-state index is -0.0535. The fourth-order valence-electron chi connectivity index (χ4n) is 1.85. The van der Waals surface area contributed by atoms with Gasteiger partial charge in [-0.2, -0.15) is 5.10 Å². The number of aliphatic hydroxyl groups excluding tert-OH is 1. The standard InChI is InChI=1S/C13H24N4O2/c1-4-16(8-5-9-18)10-13(19)15-12-6-7-14-17(12)11(2)3/h6-7,11,18H,4-5,8-10H2,1-3H3,(H,15,19). The molecule has 0 unspecified atom stereocenters. The third kappa shape index (κ3) is 5.00. The molecule has 0 aromatic carbocycles. The van der Waals surface area contributed by atoms with E-state index < -0.39 is 0 Å². The summed E-state index contributed by atoms with van der Waals surface area (Å²) >= 11 is 0. The number of aromatic nitrogens is 2. The first-order valence-corrected chi connectivity index (χ1v) is 6.75. The van der Waals surface area contributed by atoms with Gasteiger partial charge in [0.2, 0.25) is 5.91 Å². The average Bonchev–Trinajstić information content (AvgIpc) is 2.82. The quantitative estimate of drug-likeness (QED) is 0.741. The fraction of sp³-hybridized carbons (Fsp3) is 0.692. The zero-order valence-corrected chi connectivity index (χ0v) is 12.0. The number of carbonyl (C=O) groups excluding carboxylic acids is 1. The summed E-state index contributed by atoms with van der Waals surface area (Å²) in [5.41, 5.74) is 0. The van der Waals surface area contributed by atoms with Crippen LogP contribution >= 0.6 is 0 Å². The van der Waals surface area contributed by atoms with Crippen molar-refractivity contribution in [1.82, 2.24) is 14.7 Å². The Morgan fingerprint density at radius 2 is 2.32 bits per heavy atom. The van der Waals surface area contributed by atoms with Gasteiger partial charge in [0.1, 0.15) is 5.82 Å². The molecule has 1 aromatic rings. The lowest BCUT2D eigenvalue weighted by molar-refractivity contribution is -0.117. The highest BCUT2D eigenvalue weighted by molar-refractivity contribution is 5.91. The Balaban J connectivity index is 2.52. The summed E-state index contributed by atoms with van der Waals surface area (Å²) in [6.07, 6.45) is 2.37. The van der Waals surface area contributed by atoms with Crippen molar-refractivity contribution in [1.29, 1.82) is 0 Å². The van der Waals surface area contributed by atoms with E-state index in [2.05, 4.69) is 10.4 Å². The van der Waals surface area contributed by atoms with Crippen LogP contribution in [0.2, 0.25) is 0 Å². The summed E-state index contributed by atoms with van der Waals surface area (Å²) < 4.78 is 1.78. The molecule has 19 heavy (non-hydrogen) atoms. The van der Waals surface area contributed by atoms with Gasteiger partial charge in [-0.25, -0.2) is 4.68 Å². The Morgan fingerprint density at radius 1 is 1.58 bits per heavy atom. The van der Waals surface area contributed by atoms with Gasteiger partial charge in [-0.05, 0) is 26.8 Å². The number of rotatable bonds is 8. The molecule has 2 N–H and O–H groups in total. The number of amides is 1. The molecule has 108 valence electrons. The van der Waals surface area contributed by atoms with Gasteiger partial charge in [0, 0.05) is 25.3 Å². The van der Waals surface area contributed by atoms with Crippen molar-refractivity contribution in [2.45, 2.75) is 33.2 Å². The van der Waals surface area contributed by atoms with Crippen LogP contribution in [0, 0.1) is 0 Å². The first-order valence-electron chi connectivity index (χ1n) is 6.75. The Labute approximate surface area is 114 Å². The van der Waals surface area contributed by atoms with Crippen LogP contribution in [-0.4, -0.2) is 51.9 Å². The van der Waals surface area contributed by atoms with Gasteiger partial charge in [-0.3, -0.25) is 9.69 Å². The summed E-state index contributed by atoms with van der Waals surface area (Å²) in [6.45, 7) is 8.03. The van der Waals surface area contributed by atoms with E-state index in [0.29, 0.717) is 13.0 Å². The maximum absolute atomic E-state index is 12.0. The van der Waals surface area contributed by atoms with Crippen LogP contribution < -0.4 is 5.32 Å². The molecule has 0 aliphatic heterocycles. The first kappa shape index (κ1) is 15.7. The molecule has 0 radical (unpaired) electrons. The Hall–Kier alpha value is -1.40. The Kier molecular flexibility index (Phi) is 6.52. The van der Waals surface area contributed by atoms with Crippen molar-refractivity contribution in [3.63, 3.8) is 0 Å². The third-order valence-corrected chi connectivity index (χ3v) is 2.87. The maximum atomic E-state index is 12.0. The van der Waals surface area contributed by atoms with Gasteiger partial charge in [0.15, 0.2) is 0 Å². The van der Waals surface area contributed by atoms with Crippen molar-refractivity contribution in [3.8, 4) is 0 Å². The zero-order valence-electron chi connectivity index (χ0n) is 12.0. The van der Waals surface area contributed by atoms with Crippen molar-refractivity contribution >= 4 is 11.7 Å². The van der Waals surface area contributed by atoms with Crippen LogP contribution in [0.25, 0.3) is 0 Å². The van der Waals surface area contributed by atoms with E-state index in [1.807, 2.05) is 25.7 Å². The summed E-state index contributed by atoms with van der Waals surface area (Å²) in [7, 11) is 0. The Bertz CT molecular complexity index is 390. The molecular weight excluding hydrogens is 244 g/mol. The summed E-state index contributed by atoms with van der Waals surface area (Å²) in [6, 6.07) is 2.00. The summed E-state index contributed by atoms with van der Waals surface area (Å²) in [5.74, 6) is 0.667. The number of carbonyl (C=O) groups is 1. The highest BCUT2D eigenvalue weighted by Gasteiger charge is 2.12. The number of hydrogen-bond donors (Lipinski definition) is 2. The van der Waals surface area contributed by atoms with Gasteiger partial charge in [0.05, 0.1) is 12.7 Å². The maximum Gasteiger partial charge on any atom is 0.239 e. The predicted molar refractivity (Wildman–Crippen MR) is 75.1 cm³/mol.